The van der Waals surface area contributed by atoms with E-state index in [9.17, 15) is 19.4 Å². The van der Waals surface area contributed by atoms with Crippen molar-refractivity contribution in [1.29, 1.82) is 0 Å². The Bertz CT molecular complexity index is 545. The number of halogens is 2. The van der Waals surface area contributed by atoms with Gasteiger partial charge in [-0.1, -0.05) is 17.7 Å². The van der Waals surface area contributed by atoms with E-state index in [1.807, 2.05) is 0 Å². The molecule has 3 N–H and O–H groups in total. The molecule has 1 aromatic carbocycles. The van der Waals surface area contributed by atoms with E-state index < -0.39 is 29.7 Å². The molecule has 0 aliphatic heterocycles. The van der Waals surface area contributed by atoms with Gasteiger partial charge in [-0.05, 0) is 33.8 Å². The number of benzene rings is 1. The molecular formula is C15H21ClFNO4. The zero-order chi connectivity index (χ0) is 17.1. The molecule has 0 spiro atoms. The van der Waals surface area contributed by atoms with Gasteiger partial charge >= 0.3 is 6.09 Å². The fourth-order valence-electron chi connectivity index (χ4n) is 1.73. The summed E-state index contributed by atoms with van der Waals surface area (Å²) in [6.45, 7) is 6.36. The Morgan fingerprint density at radius 3 is 2.55 bits per heavy atom. The van der Waals surface area contributed by atoms with Crippen LogP contribution in [0, 0.1) is 12.7 Å². The Morgan fingerprint density at radius 1 is 1.41 bits per heavy atom. The van der Waals surface area contributed by atoms with E-state index in [0.29, 0.717) is 0 Å². The molecular weight excluding hydrogens is 313 g/mol. The van der Waals surface area contributed by atoms with Gasteiger partial charge < -0.3 is 20.3 Å². The molecule has 7 heteroatoms. The SMILES string of the molecule is Cc1c(F)ccc(C(O)C(O)CNC(=O)OC(C)(C)C)c1Cl. The monoisotopic (exact) mass is 333 g/mol. The van der Waals surface area contributed by atoms with Gasteiger partial charge in [-0.2, -0.15) is 0 Å². The molecule has 0 aliphatic carbocycles. The van der Waals surface area contributed by atoms with Crippen molar-refractivity contribution < 1.29 is 24.1 Å². The van der Waals surface area contributed by atoms with E-state index in [0.717, 1.165) is 6.07 Å². The molecule has 2 unspecified atom stereocenters. The summed E-state index contributed by atoms with van der Waals surface area (Å²) in [5, 5.41) is 22.4. The second-order valence-electron chi connectivity index (χ2n) is 5.97. The first-order valence-corrected chi connectivity index (χ1v) is 7.18. The Balaban J connectivity index is 2.68. The number of carbonyl (C=O) groups is 1. The van der Waals surface area contributed by atoms with Gasteiger partial charge in [0.05, 0.1) is 5.02 Å². The number of aliphatic hydroxyl groups excluding tert-OH is 2. The van der Waals surface area contributed by atoms with Gasteiger partial charge in [0.2, 0.25) is 0 Å². The van der Waals surface area contributed by atoms with Crippen molar-refractivity contribution in [3.8, 4) is 0 Å². The molecule has 0 aromatic heterocycles. The minimum absolute atomic E-state index is 0.0452. The number of carbonyl (C=O) groups excluding carboxylic acids is 1. The number of hydrogen-bond donors (Lipinski definition) is 3. The summed E-state index contributed by atoms with van der Waals surface area (Å²) in [7, 11) is 0. The van der Waals surface area contributed by atoms with Crippen LogP contribution < -0.4 is 5.32 Å². The smallest absolute Gasteiger partial charge is 0.407 e. The quantitative estimate of drug-likeness (QED) is 0.791. The highest BCUT2D eigenvalue weighted by Crippen LogP contribution is 2.29. The van der Waals surface area contributed by atoms with E-state index in [1.54, 1.807) is 20.8 Å². The summed E-state index contributed by atoms with van der Waals surface area (Å²) in [4.78, 5) is 11.5. The van der Waals surface area contributed by atoms with Gasteiger partial charge in [0, 0.05) is 17.7 Å². The zero-order valence-corrected chi connectivity index (χ0v) is 13.7. The molecule has 1 rings (SSSR count). The maximum atomic E-state index is 13.3. The summed E-state index contributed by atoms with van der Waals surface area (Å²) < 4.78 is 18.3. The summed E-state index contributed by atoms with van der Waals surface area (Å²) in [5.41, 5.74) is -0.282. The van der Waals surface area contributed by atoms with Gasteiger partial charge in [0.25, 0.3) is 0 Å². The Labute approximate surface area is 134 Å². The molecule has 5 nitrogen and oxygen atoms in total. The number of hydrogen-bond acceptors (Lipinski definition) is 4. The molecule has 0 aliphatic rings. The first-order valence-electron chi connectivity index (χ1n) is 6.80. The van der Waals surface area contributed by atoms with Crippen LogP contribution >= 0.6 is 11.6 Å². The van der Waals surface area contributed by atoms with Crippen LogP contribution in [0.25, 0.3) is 0 Å². The van der Waals surface area contributed by atoms with Crippen LogP contribution in [-0.2, 0) is 4.74 Å². The number of rotatable bonds is 4. The van der Waals surface area contributed by atoms with Crippen molar-refractivity contribution in [3.05, 3.63) is 34.1 Å². The Morgan fingerprint density at radius 2 is 2.00 bits per heavy atom. The lowest BCUT2D eigenvalue weighted by Crippen LogP contribution is -2.38. The van der Waals surface area contributed by atoms with Crippen molar-refractivity contribution in [2.75, 3.05) is 6.54 Å². The molecule has 0 radical (unpaired) electrons. The Hall–Kier alpha value is -1.37. The molecule has 0 bridgehead atoms. The molecule has 2 atom stereocenters. The van der Waals surface area contributed by atoms with Crippen LogP contribution in [0.5, 0.6) is 0 Å². The highest BCUT2D eigenvalue weighted by molar-refractivity contribution is 6.32. The topological polar surface area (TPSA) is 78.8 Å². The molecule has 1 amide bonds. The average molecular weight is 334 g/mol. The molecule has 0 heterocycles. The van der Waals surface area contributed by atoms with Crippen molar-refractivity contribution in [2.24, 2.45) is 0 Å². The normalized spacial score (nSPS) is 14.4. The van der Waals surface area contributed by atoms with Crippen molar-refractivity contribution in [3.63, 3.8) is 0 Å². The van der Waals surface area contributed by atoms with E-state index in [-0.39, 0.29) is 22.7 Å². The van der Waals surface area contributed by atoms with Gasteiger partial charge in [-0.25, -0.2) is 9.18 Å². The number of ether oxygens (including phenoxy) is 1. The lowest BCUT2D eigenvalue weighted by molar-refractivity contribution is 0.0129. The fraction of sp³-hybridized carbons (Fsp3) is 0.533. The fourth-order valence-corrected chi connectivity index (χ4v) is 2.00. The lowest BCUT2D eigenvalue weighted by Gasteiger charge is -2.23. The maximum absolute atomic E-state index is 13.3. The van der Waals surface area contributed by atoms with Crippen molar-refractivity contribution >= 4 is 17.7 Å². The van der Waals surface area contributed by atoms with Gasteiger partial charge in [-0.3, -0.25) is 0 Å². The molecule has 0 fully saturated rings. The molecule has 0 saturated carbocycles. The predicted octanol–water partition coefficient (Wildman–Crippen LogP) is 2.71. The molecule has 22 heavy (non-hydrogen) atoms. The summed E-state index contributed by atoms with van der Waals surface area (Å²) >= 11 is 5.96. The predicted molar refractivity (Wildman–Crippen MR) is 81.4 cm³/mol. The van der Waals surface area contributed by atoms with Crippen LogP contribution in [0.1, 0.15) is 38.0 Å². The zero-order valence-electron chi connectivity index (χ0n) is 13.0. The number of alkyl carbamates (subject to hydrolysis) is 1. The minimum Gasteiger partial charge on any atom is -0.444 e. The summed E-state index contributed by atoms with van der Waals surface area (Å²) in [5.74, 6) is -0.498. The molecule has 1 aromatic rings. The largest absolute Gasteiger partial charge is 0.444 e. The van der Waals surface area contributed by atoms with Crippen LogP contribution in [0.15, 0.2) is 12.1 Å². The number of nitrogens with one attached hydrogen (secondary N) is 1. The third kappa shape index (κ3) is 5.12. The van der Waals surface area contributed by atoms with Gasteiger partial charge in [0.1, 0.15) is 23.6 Å². The van der Waals surface area contributed by atoms with E-state index >= 15 is 0 Å². The van der Waals surface area contributed by atoms with E-state index in [1.165, 1.54) is 13.0 Å². The second kappa shape index (κ2) is 7.26. The summed E-state index contributed by atoms with van der Waals surface area (Å²) in [6.07, 6.45) is -3.38. The Kier molecular flexibility index (Phi) is 6.17. The molecule has 124 valence electrons. The van der Waals surface area contributed by atoms with Gasteiger partial charge in [-0.15, -0.1) is 0 Å². The van der Waals surface area contributed by atoms with Crippen LogP contribution in [0.4, 0.5) is 9.18 Å². The summed E-state index contributed by atoms with van der Waals surface area (Å²) in [6, 6.07) is 2.46. The third-order valence-corrected chi connectivity index (χ3v) is 3.39. The van der Waals surface area contributed by atoms with Crippen molar-refractivity contribution in [1.82, 2.24) is 5.32 Å². The second-order valence-corrected chi connectivity index (χ2v) is 6.35. The maximum Gasteiger partial charge on any atom is 0.407 e. The van der Waals surface area contributed by atoms with E-state index in [4.69, 9.17) is 16.3 Å². The van der Waals surface area contributed by atoms with Gasteiger partial charge in [0.15, 0.2) is 0 Å². The van der Waals surface area contributed by atoms with Crippen LogP contribution in [-0.4, -0.2) is 34.6 Å². The lowest BCUT2D eigenvalue weighted by atomic mass is 10.0. The van der Waals surface area contributed by atoms with Crippen LogP contribution in [0.3, 0.4) is 0 Å². The first kappa shape index (κ1) is 18.7. The minimum atomic E-state index is -1.36. The van der Waals surface area contributed by atoms with Crippen molar-refractivity contribution in [2.45, 2.75) is 45.5 Å². The first-order chi connectivity index (χ1) is 10.0. The van der Waals surface area contributed by atoms with Crippen LogP contribution in [0.2, 0.25) is 5.02 Å². The average Bonchev–Trinajstić information content (AvgIpc) is 2.40. The highest BCUT2D eigenvalue weighted by Gasteiger charge is 2.24. The molecule has 0 saturated heterocycles. The third-order valence-electron chi connectivity index (χ3n) is 2.89. The van der Waals surface area contributed by atoms with E-state index in [2.05, 4.69) is 5.32 Å². The number of aliphatic hydroxyl groups is 2. The standard InChI is InChI=1S/C15H21ClFNO4/c1-8-10(17)6-5-9(12(8)16)13(20)11(19)7-18-14(21)22-15(2,3)4/h5-6,11,13,19-20H,7H2,1-4H3,(H,18,21). The number of amides is 1. The highest BCUT2D eigenvalue weighted by atomic mass is 35.5.